The molecular formula is C74H130O5. The number of rotatable bonds is 63. The number of carbonyl (C=O) groups excluding carboxylic acids is 2. The van der Waals surface area contributed by atoms with E-state index in [9.17, 15) is 14.7 Å². The molecule has 1 unspecified atom stereocenters. The number of aliphatic hydroxyl groups excluding tert-OH is 1. The fourth-order valence-corrected chi connectivity index (χ4v) is 10.0. The van der Waals surface area contributed by atoms with Crippen LogP contribution in [-0.4, -0.2) is 36.4 Å². The highest BCUT2D eigenvalue weighted by Crippen LogP contribution is 2.18. The Hall–Kier alpha value is -3.18. The molecule has 0 rings (SSSR count). The maximum Gasteiger partial charge on any atom is 0.306 e. The van der Waals surface area contributed by atoms with Crippen LogP contribution in [0.2, 0.25) is 0 Å². The molecule has 1 N–H and O–H groups in total. The Bertz CT molecular complexity index is 1480. The van der Waals surface area contributed by atoms with Crippen molar-refractivity contribution >= 4 is 11.9 Å². The van der Waals surface area contributed by atoms with Gasteiger partial charge >= 0.3 is 11.9 Å². The summed E-state index contributed by atoms with van der Waals surface area (Å²) in [5, 5.41) is 9.70. The van der Waals surface area contributed by atoms with Gasteiger partial charge in [0, 0.05) is 12.8 Å². The first-order valence-corrected chi connectivity index (χ1v) is 34.3. The molecule has 0 aliphatic heterocycles. The number of aliphatic hydroxyl groups is 1. The number of carbonyl (C=O) groups is 2. The van der Waals surface area contributed by atoms with Crippen molar-refractivity contribution in [2.24, 2.45) is 0 Å². The van der Waals surface area contributed by atoms with Crippen molar-refractivity contribution in [3.8, 4) is 0 Å². The van der Waals surface area contributed by atoms with E-state index in [1.165, 1.54) is 225 Å². The quantitative estimate of drug-likeness (QED) is 0.0373. The van der Waals surface area contributed by atoms with E-state index in [1.54, 1.807) is 0 Å². The van der Waals surface area contributed by atoms with E-state index in [-0.39, 0.29) is 25.2 Å². The van der Waals surface area contributed by atoms with Crippen molar-refractivity contribution in [2.75, 3.05) is 13.2 Å². The van der Waals surface area contributed by atoms with Crippen molar-refractivity contribution < 1.29 is 24.2 Å². The van der Waals surface area contributed by atoms with Crippen LogP contribution < -0.4 is 0 Å². The fraction of sp³-hybridized carbons (Fsp3) is 0.757. The van der Waals surface area contributed by atoms with Gasteiger partial charge < -0.3 is 14.6 Å². The topological polar surface area (TPSA) is 72.8 Å². The van der Waals surface area contributed by atoms with Gasteiger partial charge in [0.25, 0.3) is 0 Å². The number of unbranched alkanes of at least 4 members (excludes halogenated alkanes) is 39. The minimum Gasteiger partial charge on any atom is -0.462 e. The summed E-state index contributed by atoms with van der Waals surface area (Å²) in [6.07, 6.45) is 98.6. The summed E-state index contributed by atoms with van der Waals surface area (Å²) < 4.78 is 10.8. The molecule has 0 aromatic rings. The Kier molecular flexibility index (Phi) is 66.3. The van der Waals surface area contributed by atoms with E-state index in [0.29, 0.717) is 12.8 Å². The average molecular weight is 1100 g/mol. The molecule has 0 saturated carbocycles. The van der Waals surface area contributed by atoms with Crippen LogP contribution in [0.3, 0.4) is 0 Å². The summed E-state index contributed by atoms with van der Waals surface area (Å²) in [5.74, 6) is -0.580. The van der Waals surface area contributed by atoms with Crippen molar-refractivity contribution in [3.05, 3.63) is 97.2 Å². The van der Waals surface area contributed by atoms with Gasteiger partial charge in [-0.2, -0.15) is 0 Å². The monoisotopic (exact) mass is 1100 g/mol. The zero-order chi connectivity index (χ0) is 56.9. The highest BCUT2D eigenvalue weighted by Gasteiger charge is 2.16. The smallest absolute Gasteiger partial charge is 0.306 e. The van der Waals surface area contributed by atoms with Gasteiger partial charge in [0.2, 0.25) is 0 Å². The largest absolute Gasteiger partial charge is 0.462 e. The van der Waals surface area contributed by atoms with E-state index in [0.717, 1.165) is 89.9 Å². The van der Waals surface area contributed by atoms with Crippen LogP contribution >= 0.6 is 0 Å². The fourth-order valence-electron chi connectivity index (χ4n) is 10.0. The molecule has 0 amide bonds. The summed E-state index contributed by atoms with van der Waals surface area (Å²) in [4.78, 5) is 24.6. The molecular weight excluding hydrogens is 969 g/mol. The number of ether oxygens (including phenoxy) is 2. The van der Waals surface area contributed by atoms with Gasteiger partial charge in [-0.25, -0.2) is 0 Å². The lowest BCUT2D eigenvalue weighted by Gasteiger charge is -2.15. The Morgan fingerprint density at radius 3 is 0.823 bits per heavy atom. The zero-order valence-corrected chi connectivity index (χ0v) is 52.4. The summed E-state index contributed by atoms with van der Waals surface area (Å²) >= 11 is 0. The van der Waals surface area contributed by atoms with Crippen LogP contribution in [0.25, 0.3) is 0 Å². The lowest BCUT2D eigenvalue weighted by Crippen LogP contribution is -2.28. The van der Waals surface area contributed by atoms with Crippen LogP contribution in [0.4, 0.5) is 0 Å². The van der Waals surface area contributed by atoms with Crippen LogP contribution in [-0.2, 0) is 19.1 Å². The maximum absolute atomic E-state index is 12.4. The summed E-state index contributed by atoms with van der Waals surface area (Å²) in [6, 6.07) is 0. The Morgan fingerprint density at radius 1 is 0.304 bits per heavy atom. The number of esters is 2. The third-order valence-corrected chi connectivity index (χ3v) is 15.1. The summed E-state index contributed by atoms with van der Waals surface area (Å²) in [7, 11) is 0. The van der Waals surface area contributed by atoms with Crippen LogP contribution in [0.5, 0.6) is 0 Å². The van der Waals surface area contributed by atoms with Gasteiger partial charge in [0.05, 0.1) is 6.61 Å². The van der Waals surface area contributed by atoms with Crippen LogP contribution in [0.15, 0.2) is 97.2 Å². The molecule has 0 fully saturated rings. The predicted molar refractivity (Wildman–Crippen MR) is 348 cm³/mol. The third-order valence-electron chi connectivity index (χ3n) is 15.1. The molecule has 5 nitrogen and oxygen atoms in total. The summed E-state index contributed by atoms with van der Waals surface area (Å²) in [5.41, 5.74) is 0. The number of hydrogen-bond acceptors (Lipinski definition) is 5. The molecule has 0 saturated heterocycles. The van der Waals surface area contributed by atoms with E-state index >= 15 is 0 Å². The van der Waals surface area contributed by atoms with E-state index < -0.39 is 6.10 Å². The Balaban J connectivity index is 3.48. The van der Waals surface area contributed by atoms with Gasteiger partial charge in [-0.1, -0.05) is 349 Å². The zero-order valence-electron chi connectivity index (χ0n) is 52.4. The van der Waals surface area contributed by atoms with E-state index in [2.05, 4.69) is 111 Å². The second-order valence-corrected chi connectivity index (χ2v) is 22.9. The standard InChI is InChI=1S/C74H130O5/c1-3-5-7-9-11-13-15-17-19-21-23-25-27-29-31-33-34-35-36-37-38-39-40-41-43-45-47-49-51-53-55-57-59-61-63-65-67-69-74(77)79-72(70-75)71-78-73(76)68-66-64-62-60-58-56-54-52-50-48-46-44-42-32-30-28-26-24-22-20-18-16-14-12-10-8-6-4-2/h5,7,11,13,17,19,23,25,29,31,34-35,37-38,40-41,72,75H,3-4,6,8-10,12,14-16,18,20-22,24,26-28,30,32-33,36,39,42-71H2,1-2H3/b7-5-,13-11-,19-17-,25-23-,31-29-,35-34-,38-37-,41-40-. The van der Waals surface area contributed by atoms with Crippen molar-refractivity contribution in [2.45, 2.75) is 347 Å². The second kappa shape index (κ2) is 69.1. The first-order chi connectivity index (χ1) is 39.1. The Labute approximate surface area is 491 Å². The average Bonchev–Trinajstić information content (AvgIpc) is 3.45. The molecule has 79 heavy (non-hydrogen) atoms. The van der Waals surface area contributed by atoms with Gasteiger partial charge in [0.1, 0.15) is 6.61 Å². The molecule has 0 radical (unpaired) electrons. The highest BCUT2D eigenvalue weighted by atomic mass is 16.6. The minimum atomic E-state index is -0.777. The summed E-state index contributed by atoms with van der Waals surface area (Å²) in [6.45, 7) is 4.07. The van der Waals surface area contributed by atoms with Gasteiger partial charge in [-0.05, 0) is 77.0 Å². The maximum atomic E-state index is 12.4. The SMILES string of the molecule is CC/C=C\C/C=C\C/C=C\C/C=C\C/C=C\C/C=C\C/C=C\C/C=C\CCCCCCCCCCCCCCC(=O)OC(CO)COC(=O)CCCCCCCCCCCCCCCCCCCCCCCCCCCCCC. The van der Waals surface area contributed by atoms with Gasteiger partial charge in [-0.15, -0.1) is 0 Å². The lowest BCUT2D eigenvalue weighted by atomic mass is 10.0. The normalized spacial score (nSPS) is 12.8. The molecule has 456 valence electrons. The molecule has 0 aromatic carbocycles. The molecule has 1 atom stereocenters. The molecule has 0 aromatic heterocycles. The molecule has 0 aliphatic carbocycles. The molecule has 0 aliphatic rings. The van der Waals surface area contributed by atoms with E-state index in [4.69, 9.17) is 9.47 Å². The molecule has 5 heteroatoms. The number of allylic oxidation sites excluding steroid dienone is 16. The van der Waals surface area contributed by atoms with Crippen molar-refractivity contribution in [1.29, 1.82) is 0 Å². The first-order valence-electron chi connectivity index (χ1n) is 34.3. The first kappa shape index (κ1) is 75.8. The predicted octanol–water partition coefficient (Wildman–Crippen LogP) is 23.8. The van der Waals surface area contributed by atoms with E-state index in [1.807, 2.05) is 0 Å². The third kappa shape index (κ3) is 67.2. The number of hydrogen-bond donors (Lipinski definition) is 1. The minimum absolute atomic E-state index is 0.0658. The van der Waals surface area contributed by atoms with Crippen molar-refractivity contribution in [3.63, 3.8) is 0 Å². The molecule has 0 bridgehead atoms. The molecule has 0 heterocycles. The molecule has 0 spiro atoms. The Morgan fingerprint density at radius 2 is 0.544 bits per heavy atom. The highest BCUT2D eigenvalue weighted by molar-refractivity contribution is 5.70. The van der Waals surface area contributed by atoms with Crippen LogP contribution in [0, 0.1) is 0 Å². The van der Waals surface area contributed by atoms with Gasteiger partial charge in [0.15, 0.2) is 6.10 Å². The second-order valence-electron chi connectivity index (χ2n) is 22.9. The lowest BCUT2D eigenvalue weighted by molar-refractivity contribution is -0.161. The van der Waals surface area contributed by atoms with Crippen LogP contribution in [0.1, 0.15) is 341 Å². The van der Waals surface area contributed by atoms with Crippen molar-refractivity contribution in [1.82, 2.24) is 0 Å². The van der Waals surface area contributed by atoms with Gasteiger partial charge in [-0.3, -0.25) is 9.59 Å².